The number of ether oxygens (including phenoxy) is 2. The van der Waals surface area contributed by atoms with Crippen molar-refractivity contribution in [3.05, 3.63) is 51.3 Å². The van der Waals surface area contributed by atoms with E-state index in [0.717, 1.165) is 5.56 Å². The standard InChI is InChI=1S/C17H20ClN3O4/c1-11-4-5-13(18)10-14(11)21-16(22)7-6-15(20-21)25-12(2)17(23)19-8-9-24-3/h4-7,10,12H,8-9H2,1-3H3,(H,19,23). The lowest BCUT2D eigenvalue weighted by molar-refractivity contribution is -0.127. The van der Waals surface area contributed by atoms with Crippen molar-refractivity contribution in [3.63, 3.8) is 0 Å². The van der Waals surface area contributed by atoms with E-state index in [-0.39, 0.29) is 17.3 Å². The summed E-state index contributed by atoms with van der Waals surface area (Å²) >= 11 is 6.01. The molecule has 0 aliphatic heterocycles. The maximum Gasteiger partial charge on any atom is 0.271 e. The smallest absolute Gasteiger partial charge is 0.271 e. The number of carbonyl (C=O) groups is 1. The zero-order chi connectivity index (χ0) is 18.4. The van der Waals surface area contributed by atoms with Crippen LogP contribution in [0.25, 0.3) is 5.69 Å². The molecule has 134 valence electrons. The summed E-state index contributed by atoms with van der Waals surface area (Å²) in [5.74, 6) is -0.135. The van der Waals surface area contributed by atoms with E-state index in [1.165, 1.54) is 16.8 Å². The molecule has 1 amide bonds. The molecule has 1 N–H and O–H groups in total. The fourth-order valence-electron chi connectivity index (χ4n) is 2.10. The fourth-order valence-corrected chi connectivity index (χ4v) is 2.26. The van der Waals surface area contributed by atoms with Gasteiger partial charge in [-0.05, 0) is 31.5 Å². The van der Waals surface area contributed by atoms with Gasteiger partial charge in [-0.3, -0.25) is 9.59 Å². The third-order valence-corrected chi connectivity index (χ3v) is 3.68. The minimum Gasteiger partial charge on any atom is -0.464 e. The average Bonchev–Trinajstić information content (AvgIpc) is 2.59. The van der Waals surface area contributed by atoms with Crippen LogP contribution in [0.2, 0.25) is 5.02 Å². The number of halogens is 1. The zero-order valence-electron chi connectivity index (χ0n) is 14.3. The third-order valence-electron chi connectivity index (χ3n) is 3.45. The average molecular weight is 366 g/mol. The van der Waals surface area contributed by atoms with E-state index in [0.29, 0.717) is 23.9 Å². The molecular weight excluding hydrogens is 346 g/mol. The second kappa shape index (κ2) is 8.64. The third kappa shape index (κ3) is 5.04. The topological polar surface area (TPSA) is 82.5 Å². The molecule has 2 aromatic rings. The van der Waals surface area contributed by atoms with Gasteiger partial charge < -0.3 is 14.8 Å². The number of carbonyl (C=O) groups excluding carboxylic acids is 1. The molecule has 0 bridgehead atoms. The molecule has 0 saturated heterocycles. The van der Waals surface area contributed by atoms with E-state index in [9.17, 15) is 9.59 Å². The summed E-state index contributed by atoms with van der Waals surface area (Å²) in [6.45, 7) is 4.25. The summed E-state index contributed by atoms with van der Waals surface area (Å²) in [5, 5.41) is 7.35. The number of methoxy groups -OCH3 is 1. The normalized spacial score (nSPS) is 11.8. The van der Waals surface area contributed by atoms with Crippen LogP contribution >= 0.6 is 11.6 Å². The highest BCUT2D eigenvalue weighted by atomic mass is 35.5. The van der Waals surface area contributed by atoms with Gasteiger partial charge in [0.15, 0.2) is 6.10 Å². The van der Waals surface area contributed by atoms with Gasteiger partial charge in [0.05, 0.1) is 12.3 Å². The van der Waals surface area contributed by atoms with Gasteiger partial charge in [0, 0.05) is 30.8 Å². The quantitative estimate of drug-likeness (QED) is 0.755. The lowest BCUT2D eigenvalue weighted by Crippen LogP contribution is -2.38. The van der Waals surface area contributed by atoms with Crippen LogP contribution in [0.3, 0.4) is 0 Å². The number of nitrogens with zero attached hydrogens (tertiary/aromatic N) is 2. The van der Waals surface area contributed by atoms with Gasteiger partial charge in [-0.15, -0.1) is 5.10 Å². The largest absolute Gasteiger partial charge is 0.464 e. The fraction of sp³-hybridized carbons (Fsp3) is 0.353. The molecule has 2 rings (SSSR count). The number of aromatic nitrogens is 2. The summed E-state index contributed by atoms with van der Waals surface area (Å²) in [4.78, 5) is 24.1. The summed E-state index contributed by atoms with van der Waals surface area (Å²) in [5.41, 5.74) is 1.07. The van der Waals surface area contributed by atoms with E-state index in [1.807, 2.05) is 6.92 Å². The molecule has 1 aromatic carbocycles. The first-order valence-electron chi connectivity index (χ1n) is 7.72. The number of benzene rings is 1. The Bertz CT molecular complexity index is 807. The van der Waals surface area contributed by atoms with Crippen molar-refractivity contribution in [1.29, 1.82) is 0 Å². The zero-order valence-corrected chi connectivity index (χ0v) is 15.0. The molecule has 0 saturated carbocycles. The summed E-state index contributed by atoms with van der Waals surface area (Å²) < 4.78 is 11.6. The number of hydrogen-bond acceptors (Lipinski definition) is 5. The van der Waals surface area contributed by atoms with Crippen LogP contribution in [0.1, 0.15) is 12.5 Å². The lowest BCUT2D eigenvalue weighted by atomic mass is 10.2. The molecule has 1 aromatic heterocycles. The van der Waals surface area contributed by atoms with Crippen LogP contribution in [0.5, 0.6) is 5.88 Å². The molecule has 25 heavy (non-hydrogen) atoms. The highest BCUT2D eigenvalue weighted by Crippen LogP contribution is 2.18. The number of nitrogens with one attached hydrogen (secondary N) is 1. The Kier molecular flexibility index (Phi) is 6.55. The van der Waals surface area contributed by atoms with Crippen molar-refractivity contribution in [1.82, 2.24) is 15.1 Å². The van der Waals surface area contributed by atoms with E-state index in [4.69, 9.17) is 21.1 Å². The van der Waals surface area contributed by atoms with Gasteiger partial charge in [-0.25, -0.2) is 0 Å². The van der Waals surface area contributed by atoms with E-state index >= 15 is 0 Å². The first-order valence-corrected chi connectivity index (χ1v) is 8.10. The maximum absolute atomic E-state index is 12.1. The maximum atomic E-state index is 12.1. The highest BCUT2D eigenvalue weighted by Gasteiger charge is 2.16. The number of amides is 1. The number of rotatable bonds is 7. The Labute approximate surface area is 150 Å². The Morgan fingerprint density at radius 3 is 2.84 bits per heavy atom. The first kappa shape index (κ1) is 19.0. The molecule has 0 aliphatic rings. The lowest BCUT2D eigenvalue weighted by Gasteiger charge is -2.15. The summed E-state index contributed by atoms with van der Waals surface area (Å²) in [6, 6.07) is 7.94. The Balaban J connectivity index is 2.20. The van der Waals surface area contributed by atoms with Crippen LogP contribution in [-0.2, 0) is 9.53 Å². The summed E-state index contributed by atoms with van der Waals surface area (Å²) in [6.07, 6.45) is -0.768. The molecule has 0 radical (unpaired) electrons. The van der Waals surface area contributed by atoms with Crippen molar-refractivity contribution in [2.75, 3.05) is 20.3 Å². The molecule has 1 atom stereocenters. The van der Waals surface area contributed by atoms with Crippen LogP contribution in [0.15, 0.2) is 35.1 Å². The molecule has 7 nitrogen and oxygen atoms in total. The van der Waals surface area contributed by atoms with Gasteiger partial charge in [-0.1, -0.05) is 17.7 Å². The highest BCUT2D eigenvalue weighted by molar-refractivity contribution is 6.30. The van der Waals surface area contributed by atoms with E-state index in [2.05, 4.69) is 10.4 Å². The Morgan fingerprint density at radius 1 is 1.36 bits per heavy atom. The summed E-state index contributed by atoms with van der Waals surface area (Å²) in [7, 11) is 1.55. The molecular formula is C17H20ClN3O4. The minimum atomic E-state index is -0.768. The van der Waals surface area contributed by atoms with Crippen molar-refractivity contribution in [2.24, 2.45) is 0 Å². The van der Waals surface area contributed by atoms with Gasteiger partial charge in [0.2, 0.25) is 5.88 Å². The van der Waals surface area contributed by atoms with Crippen LogP contribution in [-0.4, -0.2) is 42.1 Å². The first-order chi connectivity index (χ1) is 11.9. The molecule has 1 heterocycles. The van der Waals surface area contributed by atoms with Gasteiger partial charge in [0.1, 0.15) is 0 Å². The number of aryl methyl sites for hydroxylation is 1. The predicted molar refractivity (Wildman–Crippen MR) is 94.6 cm³/mol. The Morgan fingerprint density at radius 2 is 2.12 bits per heavy atom. The molecule has 1 unspecified atom stereocenters. The predicted octanol–water partition coefficient (Wildman–Crippen LogP) is 1.72. The second-order valence-electron chi connectivity index (χ2n) is 5.40. The van der Waals surface area contributed by atoms with Crippen molar-refractivity contribution >= 4 is 17.5 Å². The molecule has 0 fully saturated rings. The van der Waals surface area contributed by atoms with Crippen molar-refractivity contribution in [2.45, 2.75) is 20.0 Å². The van der Waals surface area contributed by atoms with E-state index in [1.54, 1.807) is 32.2 Å². The van der Waals surface area contributed by atoms with Gasteiger partial charge >= 0.3 is 0 Å². The molecule has 0 spiro atoms. The van der Waals surface area contributed by atoms with Crippen molar-refractivity contribution < 1.29 is 14.3 Å². The molecule has 0 aliphatic carbocycles. The second-order valence-corrected chi connectivity index (χ2v) is 5.83. The van der Waals surface area contributed by atoms with Gasteiger partial charge in [-0.2, -0.15) is 4.68 Å². The minimum absolute atomic E-state index is 0.161. The van der Waals surface area contributed by atoms with Crippen LogP contribution in [0, 0.1) is 6.92 Å². The SMILES string of the molecule is COCCNC(=O)C(C)Oc1ccc(=O)n(-c2cc(Cl)ccc2C)n1. The Hall–Kier alpha value is -2.38. The number of hydrogen-bond donors (Lipinski definition) is 1. The monoisotopic (exact) mass is 365 g/mol. The van der Waals surface area contributed by atoms with E-state index < -0.39 is 6.10 Å². The van der Waals surface area contributed by atoms with Crippen LogP contribution < -0.4 is 15.6 Å². The van der Waals surface area contributed by atoms with Crippen molar-refractivity contribution in [3.8, 4) is 11.6 Å². The molecule has 8 heteroatoms. The van der Waals surface area contributed by atoms with Crippen LogP contribution in [0.4, 0.5) is 0 Å². The van der Waals surface area contributed by atoms with Gasteiger partial charge in [0.25, 0.3) is 11.5 Å².